The minimum Gasteiger partial charge on any atom is -0.377 e. The fourth-order valence-corrected chi connectivity index (χ4v) is 2.59. The second-order valence-corrected chi connectivity index (χ2v) is 4.61. The Morgan fingerprint density at radius 2 is 2.54 bits per heavy atom. The molecule has 1 aliphatic rings. The number of hydrogen-bond donors (Lipinski definition) is 1. The van der Waals surface area contributed by atoms with Crippen LogP contribution < -0.4 is 5.32 Å². The quantitative estimate of drug-likeness (QED) is 0.522. The van der Waals surface area contributed by atoms with Gasteiger partial charge in [0.05, 0.1) is 6.10 Å². The van der Waals surface area contributed by atoms with E-state index in [-0.39, 0.29) is 0 Å². The Labute approximate surface area is 85.1 Å². The maximum absolute atomic E-state index is 5.49. The first-order valence-electron chi connectivity index (χ1n) is 4.89. The van der Waals surface area contributed by atoms with E-state index in [4.69, 9.17) is 4.74 Å². The lowest BCUT2D eigenvalue weighted by molar-refractivity contribution is 0.127. The van der Waals surface area contributed by atoms with Crippen molar-refractivity contribution in [2.45, 2.75) is 24.7 Å². The van der Waals surface area contributed by atoms with Gasteiger partial charge in [-0.1, -0.05) is 6.08 Å². The largest absolute Gasteiger partial charge is 0.377 e. The van der Waals surface area contributed by atoms with Crippen molar-refractivity contribution in [3.05, 3.63) is 12.7 Å². The minimum atomic E-state index is 0.449. The van der Waals surface area contributed by atoms with Crippen molar-refractivity contribution in [1.82, 2.24) is 5.32 Å². The zero-order valence-electron chi connectivity index (χ0n) is 8.29. The predicted octanol–water partition coefficient (Wildman–Crippen LogP) is 1.67. The van der Waals surface area contributed by atoms with Gasteiger partial charge in [-0.2, -0.15) is 11.8 Å². The normalized spacial score (nSPS) is 27.8. The van der Waals surface area contributed by atoms with Crippen LogP contribution in [0.1, 0.15) is 13.3 Å². The van der Waals surface area contributed by atoms with Gasteiger partial charge in [-0.05, 0) is 13.3 Å². The van der Waals surface area contributed by atoms with Gasteiger partial charge < -0.3 is 10.1 Å². The average Bonchev–Trinajstić information content (AvgIpc) is 2.52. The van der Waals surface area contributed by atoms with E-state index in [9.17, 15) is 0 Å². The predicted molar refractivity (Wildman–Crippen MR) is 59.3 cm³/mol. The lowest BCUT2D eigenvalue weighted by Crippen LogP contribution is -2.20. The van der Waals surface area contributed by atoms with Gasteiger partial charge in [0.15, 0.2) is 0 Å². The molecule has 0 aromatic carbocycles. The van der Waals surface area contributed by atoms with Gasteiger partial charge in [0, 0.05) is 30.7 Å². The fourth-order valence-electron chi connectivity index (χ4n) is 1.42. The van der Waals surface area contributed by atoms with E-state index in [0.717, 1.165) is 19.7 Å². The summed E-state index contributed by atoms with van der Waals surface area (Å²) in [5.41, 5.74) is 0. The third kappa shape index (κ3) is 4.16. The lowest BCUT2D eigenvalue weighted by atomic mass is 10.3. The maximum Gasteiger partial charge on any atom is 0.0666 e. The molecule has 1 heterocycles. The summed E-state index contributed by atoms with van der Waals surface area (Å²) in [6, 6.07) is 0. The molecule has 0 amide bonds. The van der Waals surface area contributed by atoms with Gasteiger partial charge in [0.25, 0.3) is 0 Å². The third-order valence-corrected chi connectivity index (χ3v) is 3.69. The maximum atomic E-state index is 5.49. The van der Waals surface area contributed by atoms with E-state index < -0.39 is 0 Å². The number of hydrogen-bond acceptors (Lipinski definition) is 3. The first-order chi connectivity index (χ1) is 6.34. The van der Waals surface area contributed by atoms with Crippen molar-refractivity contribution in [3.8, 4) is 0 Å². The average molecular weight is 201 g/mol. The smallest absolute Gasteiger partial charge is 0.0666 e. The molecule has 1 N–H and O–H groups in total. The summed E-state index contributed by atoms with van der Waals surface area (Å²) < 4.78 is 5.49. The number of thioether (sulfide) groups is 1. The molecule has 0 aromatic rings. The highest BCUT2D eigenvalue weighted by molar-refractivity contribution is 8.00. The molecule has 0 aliphatic carbocycles. The van der Waals surface area contributed by atoms with Crippen LogP contribution in [0.3, 0.4) is 0 Å². The van der Waals surface area contributed by atoms with E-state index in [1.807, 2.05) is 17.8 Å². The van der Waals surface area contributed by atoms with Crippen molar-refractivity contribution >= 4 is 11.8 Å². The van der Waals surface area contributed by atoms with Crippen LogP contribution in [0.2, 0.25) is 0 Å². The zero-order valence-corrected chi connectivity index (χ0v) is 9.11. The van der Waals surface area contributed by atoms with Crippen LogP contribution in [0.5, 0.6) is 0 Å². The summed E-state index contributed by atoms with van der Waals surface area (Å²) >= 11 is 2.02. The molecule has 1 rings (SSSR count). The molecule has 0 saturated carbocycles. The molecular formula is C10H19NOS. The molecule has 1 fully saturated rings. The van der Waals surface area contributed by atoms with E-state index in [2.05, 4.69) is 18.8 Å². The van der Waals surface area contributed by atoms with E-state index in [1.54, 1.807) is 0 Å². The Hall–Kier alpha value is 0.01000. The lowest BCUT2D eigenvalue weighted by Gasteiger charge is -2.13. The van der Waals surface area contributed by atoms with Gasteiger partial charge in [0.2, 0.25) is 0 Å². The number of nitrogens with one attached hydrogen (secondary N) is 1. The summed E-state index contributed by atoms with van der Waals surface area (Å²) in [6.07, 6.45) is 3.56. The van der Waals surface area contributed by atoms with Crippen LogP contribution in [-0.2, 0) is 4.74 Å². The molecule has 0 bridgehead atoms. The summed E-state index contributed by atoms with van der Waals surface area (Å²) in [7, 11) is 0. The van der Waals surface area contributed by atoms with E-state index >= 15 is 0 Å². The van der Waals surface area contributed by atoms with Crippen molar-refractivity contribution in [2.75, 3.05) is 25.4 Å². The molecule has 13 heavy (non-hydrogen) atoms. The molecular weight excluding hydrogens is 182 g/mol. The Morgan fingerprint density at radius 1 is 1.69 bits per heavy atom. The third-order valence-electron chi connectivity index (χ3n) is 2.21. The van der Waals surface area contributed by atoms with E-state index in [1.165, 1.54) is 12.2 Å². The van der Waals surface area contributed by atoms with Gasteiger partial charge in [-0.3, -0.25) is 0 Å². The summed E-state index contributed by atoms with van der Waals surface area (Å²) in [6.45, 7) is 8.75. The first kappa shape index (κ1) is 11.1. The zero-order chi connectivity index (χ0) is 9.52. The van der Waals surface area contributed by atoms with Gasteiger partial charge in [-0.25, -0.2) is 0 Å². The van der Waals surface area contributed by atoms with Gasteiger partial charge in [-0.15, -0.1) is 6.58 Å². The monoisotopic (exact) mass is 201 g/mol. The molecule has 2 unspecified atom stereocenters. The first-order valence-corrected chi connectivity index (χ1v) is 5.94. The van der Waals surface area contributed by atoms with Gasteiger partial charge in [0.1, 0.15) is 0 Å². The summed E-state index contributed by atoms with van der Waals surface area (Å²) in [5.74, 6) is 1.17. The number of rotatable bonds is 6. The Kier molecular flexibility index (Phi) is 5.51. The van der Waals surface area contributed by atoms with Crippen LogP contribution in [-0.4, -0.2) is 36.8 Å². The summed E-state index contributed by atoms with van der Waals surface area (Å²) in [4.78, 5) is 0. The van der Waals surface area contributed by atoms with Crippen molar-refractivity contribution < 1.29 is 4.74 Å². The van der Waals surface area contributed by atoms with Crippen molar-refractivity contribution in [3.63, 3.8) is 0 Å². The van der Waals surface area contributed by atoms with Crippen molar-refractivity contribution in [2.24, 2.45) is 0 Å². The topological polar surface area (TPSA) is 21.3 Å². The second kappa shape index (κ2) is 6.46. The molecule has 76 valence electrons. The summed E-state index contributed by atoms with van der Waals surface area (Å²) in [5, 5.41) is 4.01. The van der Waals surface area contributed by atoms with Crippen LogP contribution in [0, 0.1) is 0 Å². The Morgan fingerprint density at radius 3 is 3.15 bits per heavy atom. The highest BCUT2D eigenvalue weighted by Gasteiger charge is 2.23. The van der Waals surface area contributed by atoms with Crippen LogP contribution in [0.4, 0.5) is 0 Å². The fraction of sp³-hybridized carbons (Fsp3) is 0.800. The molecule has 2 atom stereocenters. The Balaban J connectivity index is 1.95. The number of ether oxygens (including phenoxy) is 1. The van der Waals surface area contributed by atoms with Crippen LogP contribution >= 0.6 is 11.8 Å². The molecule has 3 heteroatoms. The molecule has 0 radical (unpaired) electrons. The van der Waals surface area contributed by atoms with Gasteiger partial charge >= 0.3 is 0 Å². The molecule has 0 aromatic heterocycles. The minimum absolute atomic E-state index is 0.449. The molecule has 1 aliphatic heterocycles. The van der Waals surface area contributed by atoms with Crippen LogP contribution in [0.25, 0.3) is 0 Å². The molecule has 1 saturated heterocycles. The Bertz CT molecular complexity index is 152. The molecule has 0 spiro atoms. The van der Waals surface area contributed by atoms with Crippen molar-refractivity contribution in [1.29, 1.82) is 0 Å². The van der Waals surface area contributed by atoms with Crippen LogP contribution in [0.15, 0.2) is 12.7 Å². The second-order valence-electron chi connectivity index (χ2n) is 3.27. The highest BCUT2D eigenvalue weighted by atomic mass is 32.2. The standard InChI is InChI=1S/C10H19NOS/c1-3-5-11-6-8-13-10-4-7-12-9(10)2/h3,9-11H,1,4-8H2,2H3. The highest BCUT2D eigenvalue weighted by Crippen LogP contribution is 2.25. The molecule has 2 nitrogen and oxygen atoms in total. The van der Waals surface area contributed by atoms with E-state index in [0.29, 0.717) is 11.4 Å². The SMILES string of the molecule is C=CCNCCSC1CCOC1C.